The summed E-state index contributed by atoms with van der Waals surface area (Å²) in [5, 5.41) is 0. The van der Waals surface area contributed by atoms with Crippen molar-refractivity contribution in [3.8, 4) is 0 Å². The Kier molecular flexibility index (Phi) is 8.61. The minimum absolute atomic E-state index is 0.143. The van der Waals surface area contributed by atoms with Crippen LogP contribution in [-0.2, 0) is 23.9 Å². The fourth-order valence-corrected chi connectivity index (χ4v) is 1.17. The van der Waals surface area contributed by atoms with E-state index in [-0.39, 0.29) is 31.1 Å². The summed E-state index contributed by atoms with van der Waals surface area (Å²) in [6.45, 7) is 5.77. The van der Waals surface area contributed by atoms with Gasteiger partial charge in [0, 0.05) is 19.8 Å². The summed E-state index contributed by atoms with van der Waals surface area (Å²) in [7, 11) is 0. The van der Waals surface area contributed by atoms with Crippen molar-refractivity contribution >= 4 is 17.8 Å². The van der Waals surface area contributed by atoms with Gasteiger partial charge in [-0.05, 0) is 0 Å². The Labute approximate surface area is 107 Å². The first-order valence-electron chi connectivity index (χ1n) is 6.08. The molecule has 6 nitrogen and oxygen atoms in total. The minimum Gasteiger partial charge on any atom is -0.464 e. The lowest BCUT2D eigenvalue weighted by atomic mass is 10.4. The Morgan fingerprint density at radius 1 is 0.889 bits per heavy atom. The van der Waals surface area contributed by atoms with Crippen LogP contribution in [0.25, 0.3) is 0 Å². The van der Waals surface area contributed by atoms with Crippen molar-refractivity contribution in [1.29, 1.82) is 0 Å². The van der Waals surface area contributed by atoms with E-state index in [9.17, 15) is 14.4 Å². The Morgan fingerprint density at radius 3 is 1.56 bits per heavy atom. The van der Waals surface area contributed by atoms with Gasteiger partial charge in [0.05, 0.1) is 13.1 Å². The van der Waals surface area contributed by atoms with Crippen LogP contribution in [0.2, 0.25) is 0 Å². The van der Waals surface area contributed by atoms with Crippen LogP contribution in [-0.4, -0.2) is 49.0 Å². The van der Waals surface area contributed by atoms with Crippen LogP contribution < -0.4 is 0 Å². The average molecular weight is 259 g/mol. The smallest absolute Gasteiger partial charge is 0.305 e. The molecule has 0 aromatic rings. The van der Waals surface area contributed by atoms with E-state index in [1.54, 1.807) is 13.8 Å². The highest BCUT2D eigenvalue weighted by Gasteiger charge is 2.10. The molecule has 0 N–H and O–H groups in total. The van der Waals surface area contributed by atoms with Gasteiger partial charge < -0.3 is 14.4 Å². The van der Waals surface area contributed by atoms with Crippen LogP contribution in [0, 0.1) is 0 Å². The van der Waals surface area contributed by atoms with Crippen molar-refractivity contribution in [3.63, 3.8) is 0 Å². The molecule has 0 aliphatic heterocycles. The first kappa shape index (κ1) is 16.4. The van der Waals surface area contributed by atoms with E-state index < -0.39 is 0 Å². The zero-order valence-electron chi connectivity index (χ0n) is 11.2. The Morgan fingerprint density at radius 2 is 1.28 bits per heavy atom. The third-order valence-corrected chi connectivity index (χ3v) is 2.27. The van der Waals surface area contributed by atoms with E-state index in [1.165, 1.54) is 11.8 Å². The number of rotatable bonds is 8. The van der Waals surface area contributed by atoms with E-state index in [0.717, 1.165) is 0 Å². The number of carbonyl (C=O) groups excluding carboxylic acids is 3. The van der Waals surface area contributed by atoms with Crippen molar-refractivity contribution < 1.29 is 23.9 Å². The molecular formula is C12H21NO5. The first-order chi connectivity index (χ1) is 8.51. The van der Waals surface area contributed by atoms with Crippen LogP contribution in [0.5, 0.6) is 0 Å². The number of amides is 1. The molecule has 0 radical (unpaired) electrons. The Hall–Kier alpha value is -1.59. The second kappa shape index (κ2) is 9.44. The maximum absolute atomic E-state index is 11.3. The number of carbonyl (C=O) groups is 3. The summed E-state index contributed by atoms with van der Waals surface area (Å²) in [4.78, 5) is 34.6. The highest BCUT2D eigenvalue weighted by atomic mass is 16.5. The molecule has 104 valence electrons. The topological polar surface area (TPSA) is 72.9 Å². The van der Waals surface area contributed by atoms with Gasteiger partial charge in [0.1, 0.15) is 13.2 Å². The zero-order valence-corrected chi connectivity index (χ0v) is 11.2. The quantitative estimate of drug-likeness (QED) is 0.601. The van der Waals surface area contributed by atoms with E-state index >= 15 is 0 Å². The number of ether oxygens (including phenoxy) is 2. The number of nitrogens with zero attached hydrogens (tertiary/aromatic N) is 1. The molecule has 0 heterocycles. The lowest BCUT2D eigenvalue weighted by Gasteiger charge is -2.20. The summed E-state index contributed by atoms with van der Waals surface area (Å²) >= 11 is 0. The van der Waals surface area contributed by atoms with Gasteiger partial charge >= 0.3 is 11.9 Å². The molecule has 0 atom stereocenters. The normalized spacial score (nSPS) is 9.72. The third kappa shape index (κ3) is 7.65. The predicted octanol–water partition coefficient (Wildman–Crippen LogP) is 0.741. The van der Waals surface area contributed by atoms with Gasteiger partial charge in [0.25, 0.3) is 0 Å². The third-order valence-electron chi connectivity index (χ3n) is 2.27. The van der Waals surface area contributed by atoms with Gasteiger partial charge in [-0.25, -0.2) is 0 Å². The fourth-order valence-electron chi connectivity index (χ4n) is 1.17. The molecule has 0 aromatic heterocycles. The second-order valence-corrected chi connectivity index (χ2v) is 3.65. The highest BCUT2D eigenvalue weighted by Crippen LogP contribution is 1.93. The lowest BCUT2D eigenvalue weighted by Crippen LogP contribution is -2.35. The zero-order chi connectivity index (χ0) is 14.0. The Bertz CT molecular complexity index is 268. The highest BCUT2D eigenvalue weighted by molar-refractivity contribution is 5.73. The molecule has 0 bridgehead atoms. The summed E-state index contributed by atoms with van der Waals surface area (Å²) in [6, 6.07) is 0. The van der Waals surface area contributed by atoms with E-state index in [1.807, 2.05) is 0 Å². The van der Waals surface area contributed by atoms with Crippen molar-refractivity contribution in [1.82, 2.24) is 4.90 Å². The van der Waals surface area contributed by atoms with Crippen molar-refractivity contribution in [3.05, 3.63) is 0 Å². The van der Waals surface area contributed by atoms with Gasteiger partial charge in [0.2, 0.25) is 5.91 Å². The standard InChI is InChI=1S/C12H21NO5/c1-4-11(15)17-8-6-13(10(3)14)7-9-18-12(16)5-2/h4-9H2,1-3H3. The van der Waals surface area contributed by atoms with Crippen LogP contribution in [0.1, 0.15) is 33.6 Å². The number of hydrogen-bond acceptors (Lipinski definition) is 5. The van der Waals surface area contributed by atoms with Crippen LogP contribution in [0.3, 0.4) is 0 Å². The summed E-state index contributed by atoms with van der Waals surface area (Å²) in [5.41, 5.74) is 0. The fraction of sp³-hybridized carbons (Fsp3) is 0.750. The van der Waals surface area contributed by atoms with E-state index in [0.29, 0.717) is 25.9 Å². The summed E-state index contributed by atoms with van der Waals surface area (Å²) in [5.74, 6) is -0.734. The van der Waals surface area contributed by atoms with Gasteiger partial charge in [-0.3, -0.25) is 14.4 Å². The van der Waals surface area contributed by atoms with Crippen LogP contribution >= 0.6 is 0 Å². The molecule has 0 saturated carbocycles. The van der Waals surface area contributed by atoms with Crippen LogP contribution in [0.15, 0.2) is 0 Å². The molecule has 1 amide bonds. The number of hydrogen-bond donors (Lipinski definition) is 0. The molecule has 0 aliphatic rings. The number of esters is 2. The molecule has 0 saturated heterocycles. The largest absolute Gasteiger partial charge is 0.464 e. The van der Waals surface area contributed by atoms with Gasteiger partial charge in [-0.2, -0.15) is 0 Å². The summed E-state index contributed by atoms with van der Waals surface area (Å²) < 4.78 is 9.76. The van der Waals surface area contributed by atoms with Gasteiger partial charge in [-0.1, -0.05) is 13.8 Å². The SMILES string of the molecule is CCC(=O)OCCN(CCOC(=O)CC)C(C)=O. The van der Waals surface area contributed by atoms with E-state index in [4.69, 9.17) is 9.47 Å². The van der Waals surface area contributed by atoms with Crippen molar-refractivity contribution in [2.45, 2.75) is 33.6 Å². The monoisotopic (exact) mass is 259 g/mol. The van der Waals surface area contributed by atoms with Crippen LogP contribution in [0.4, 0.5) is 0 Å². The van der Waals surface area contributed by atoms with E-state index in [2.05, 4.69) is 0 Å². The molecule has 18 heavy (non-hydrogen) atoms. The lowest BCUT2D eigenvalue weighted by molar-refractivity contribution is -0.146. The Balaban J connectivity index is 3.89. The maximum atomic E-state index is 11.3. The average Bonchev–Trinajstić information content (AvgIpc) is 2.35. The first-order valence-corrected chi connectivity index (χ1v) is 6.08. The maximum Gasteiger partial charge on any atom is 0.305 e. The molecule has 0 aromatic carbocycles. The minimum atomic E-state index is -0.295. The molecule has 0 rings (SSSR count). The molecule has 0 aliphatic carbocycles. The molecular weight excluding hydrogens is 238 g/mol. The summed E-state index contributed by atoms with van der Waals surface area (Å²) in [6.07, 6.45) is 0.627. The predicted molar refractivity (Wildman–Crippen MR) is 64.8 cm³/mol. The second-order valence-electron chi connectivity index (χ2n) is 3.65. The van der Waals surface area contributed by atoms with Crippen molar-refractivity contribution in [2.75, 3.05) is 26.3 Å². The molecule has 0 fully saturated rings. The molecule has 0 spiro atoms. The van der Waals surface area contributed by atoms with Gasteiger partial charge in [-0.15, -0.1) is 0 Å². The molecule has 6 heteroatoms. The molecule has 0 unspecified atom stereocenters. The van der Waals surface area contributed by atoms with Crippen molar-refractivity contribution in [2.24, 2.45) is 0 Å². The van der Waals surface area contributed by atoms with Gasteiger partial charge in [0.15, 0.2) is 0 Å².